The number of benzene rings is 1. The minimum atomic E-state index is -0.0929. The van der Waals surface area contributed by atoms with Crippen molar-refractivity contribution >= 4 is 28.3 Å². The summed E-state index contributed by atoms with van der Waals surface area (Å²) in [4.78, 5) is 28.9. The Morgan fingerprint density at radius 1 is 1.16 bits per heavy atom. The first kappa shape index (κ1) is 16.1. The fraction of sp³-hybridized carbons (Fsp3) is 0.368. The Kier molecular flexibility index (Phi) is 4.21. The first-order valence-corrected chi connectivity index (χ1v) is 9.58. The number of amides is 1. The molecule has 0 saturated heterocycles. The lowest BCUT2D eigenvalue weighted by Gasteiger charge is -2.27. The van der Waals surface area contributed by atoms with Crippen molar-refractivity contribution in [1.29, 1.82) is 0 Å². The van der Waals surface area contributed by atoms with Crippen LogP contribution in [0.5, 0.6) is 0 Å². The maximum atomic E-state index is 12.8. The van der Waals surface area contributed by atoms with Gasteiger partial charge in [0.2, 0.25) is 5.91 Å². The van der Waals surface area contributed by atoms with Gasteiger partial charge in [0.1, 0.15) is 6.54 Å². The number of aryl methyl sites for hydroxylation is 1. The Labute approximate surface area is 150 Å². The van der Waals surface area contributed by atoms with E-state index in [9.17, 15) is 9.59 Å². The van der Waals surface area contributed by atoms with E-state index in [1.54, 1.807) is 20.5 Å². The van der Waals surface area contributed by atoms with Gasteiger partial charge in [-0.3, -0.25) is 13.9 Å². The molecule has 1 aromatic carbocycles. The van der Waals surface area contributed by atoms with Gasteiger partial charge in [-0.15, -0.1) is 11.3 Å². The van der Waals surface area contributed by atoms with Crippen LogP contribution < -0.4 is 5.69 Å². The molecule has 6 heteroatoms. The summed E-state index contributed by atoms with van der Waals surface area (Å²) < 4.78 is 3.40. The van der Waals surface area contributed by atoms with Crippen LogP contribution in [0.15, 0.2) is 40.5 Å². The number of hydrogen-bond donors (Lipinski definition) is 0. The van der Waals surface area contributed by atoms with Gasteiger partial charge >= 0.3 is 5.69 Å². The van der Waals surface area contributed by atoms with Crippen LogP contribution in [0.1, 0.15) is 23.8 Å². The van der Waals surface area contributed by atoms with Crippen molar-refractivity contribution in [3.05, 3.63) is 56.6 Å². The van der Waals surface area contributed by atoms with E-state index in [1.165, 1.54) is 10.4 Å². The summed E-state index contributed by atoms with van der Waals surface area (Å²) in [6.45, 7) is 4.21. The largest absolute Gasteiger partial charge is 0.336 e. The van der Waals surface area contributed by atoms with E-state index in [0.717, 1.165) is 30.4 Å². The van der Waals surface area contributed by atoms with Crippen LogP contribution in [0.3, 0.4) is 0 Å². The molecule has 0 aliphatic carbocycles. The number of para-hydroxylation sites is 2. The van der Waals surface area contributed by atoms with Gasteiger partial charge in [0.15, 0.2) is 0 Å². The Morgan fingerprint density at radius 3 is 2.68 bits per heavy atom. The Balaban J connectivity index is 1.64. The first-order chi connectivity index (χ1) is 12.2. The van der Waals surface area contributed by atoms with E-state index in [1.807, 2.05) is 29.2 Å². The second kappa shape index (κ2) is 6.52. The molecular formula is C19H21N3O2S. The number of hydrogen-bond acceptors (Lipinski definition) is 3. The zero-order valence-corrected chi connectivity index (χ0v) is 15.1. The van der Waals surface area contributed by atoms with Crippen LogP contribution in [-0.4, -0.2) is 26.5 Å². The van der Waals surface area contributed by atoms with Crippen molar-refractivity contribution in [1.82, 2.24) is 14.0 Å². The number of fused-ring (bicyclic) bond motifs is 2. The van der Waals surface area contributed by atoms with Crippen molar-refractivity contribution < 1.29 is 4.79 Å². The number of carbonyl (C=O) groups excluding carboxylic acids is 1. The van der Waals surface area contributed by atoms with Gasteiger partial charge in [0, 0.05) is 24.5 Å². The molecule has 4 rings (SSSR count). The van der Waals surface area contributed by atoms with Gasteiger partial charge in [-0.2, -0.15) is 0 Å². The Bertz CT molecular complexity index is 982. The van der Waals surface area contributed by atoms with Crippen LogP contribution in [0.4, 0.5) is 0 Å². The number of carbonyl (C=O) groups is 1. The average molecular weight is 355 g/mol. The molecule has 1 aliphatic rings. The van der Waals surface area contributed by atoms with Gasteiger partial charge in [-0.25, -0.2) is 4.79 Å². The molecule has 1 amide bonds. The molecule has 0 radical (unpaired) electrons. The van der Waals surface area contributed by atoms with E-state index in [-0.39, 0.29) is 18.1 Å². The van der Waals surface area contributed by atoms with Gasteiger partial charge in [0.05, 0.1) is 11.0 Å². The SMILES string of the molecule is CCCn1c(=O)n(CC(=O)N2CCc3sccc3C2)c2ccccc21. The fourth-order valence-corrected chi connectivity index (χ4v) is 4.45. The monoisotopic (exact) mass is 355 g/mol. The third-order valence-electron chi connectivity index (χ3n) is 4.83. The standard InChI is InChI=1S/C19H21N3O2S/c1-2-9-21-15-5-3-4-6-16(15)22(19(21)24)13-18(23)20-10-7-17-14(12-20)8-11-25-17/h3-6,8,11H,2,7,9-10,12-13H2,1H3. The molecule has 0 unspecified atom stereocenters. The van der Waals surface area contributed by atoms with Gasteiger partial charge in [-0.05, 0) is 42.0 Å². The van der Waals surface area contributed by atoms with Crippen LogP contribution in [0, 0.1) is 0 Å². The highest BCUT2D eigenvalue weighted by atomic mass is 32.1. The number of thiophene rings is 1. The molecule has 130 valence electrons. The van der Waals surface area contributed by atoms with Crippen molar-refractivity contribution in [2.24, 2.45) is 0 Å². The molecule has 3 aromatic rings. The lowest BCUT2D eigenvalue weighted by molar-refractivity contribution is -0.132. The van der Waals surface area contributed by atoms with Crippen molar-refractivity contribution in [2.45, 2.75) is 39.4 Å². The molecule has 3 heterocycles. The topological polar surface area (TPSA) is 47.2 Å². The molecular weight excluding hydrogens is 334 g/mol. The second-order valence-electron chi connectivity index (χ2n) is 6.44. The van der Waals surface area contributed by atoms with Crippen molar-refractivity contribution in [2.75, 3.05) is 6.54 Å². The van der Waals surface area contributed by atoms with Crippen molar-refractivity contribution in [3.63, 3.8) is 0 Å². The molecule has 0 fully saturated rings. The summed E-state index contributed by atoms with van der Waals surface area (Å²) in [5.41, 5.74) is 2.89. The summed E-state index contributed by atoms with van der Waals surface area (Å²) >= 11 is 1.76. The average Bonchev–Trinajstić information content (AvgIpc) is 3.20. The van der Waals surface area contributed by atoms with Crippen LogP contribution >= 0.6 is 11.3 Å². The van der Waals surface area contributed by atoms with Crippen LogP contribution in [0.25, 0.3) is 11.0 Å². The number of aromatic nitrogens is 2. The molecule has 0 saturated carbocycles. The van der Waals surface area contributed by atoms with Gasteiger partial charge in [-0.1, -0.05) is 19.1 Å². The lowest BCUT2D eigenvalue weighted by Crippen LogP contribution is -2.39. The molecule has 5 nitrogen and oxygen atoms in total. The third kappa shape index (κ3) is 2.80. The summed E-state index contributed by atoms with van der Waals surface area (Å²) in [7, 11) is 0. The van der Waals surface area contributed by atoms with Gasteiger partial charge in [0.25, 0.3) is 0 Å². The number of imidazole rings is 1. The normalized spacial score (nSPS) is 14.0. The van der Waals surface area contributed by atoms with E-state index >= 15 is 0 Å². The van der Waals surface area contributed by atoms with E-state index in [2.05, 4.69) is 18.4 Å². The van der Waals surface area contributed by atoms with Crippen LogP contribution in [-0.2, 0) is 30.8 Å². The first-order valence-electron chi connectivity index (χ1n) is 8.70. The van der Waals surface area contributed by atoms with E-state index in [4.69, 9.17) is 0 Å². The lowest BCUT2D eigenvalue weighted by atomic mass is 10.1. The van der Waals surface area contributed by atoms with E-state index in [0.29, 0.717) is 13.1 Å². The predicted octanol–water partition coefficient (Wildman–Crippen LogP) is 2.86. The summed E-state index contributed by atoms with van der Waals surface area (Å²) in [5.74, 6) is 0.0124. The maximum Gasteiger partial charge on any atom is 0.329 e. The highest BCUT2D eigenvalue weighted by molar-refractivity contribution is 7.10. The highest BCUT2D eigenvalue weighted by Crippen LogP contribution is 2.24. The summed E-state index contributed by atoms with van der Waals surface area (Å²) in [6.07, 6.45) is 1.79. The molecule has 25 heavy (non-hydrogen) atoms. The van der Waals surface area contributed by atoms with Crippen molar-refractivity contribution in [3.8, 4) is 0 Å². The smallest absolute Gasteiger partial charge is 0.329 e. The number of nitrogens with zero attached hydrogens (tertiary/aromatic N) is 3. The zero-order valence-electron chi connectivity index (χ0n) is 14.3. The fourth-order valence-electron chi connectivity index (χ4n) is 3.56. The summed E-state index contributed by atoms with van der Waals surface area (Å²) in [5, 5.41) is 2.08. The molecule has 0 atom stereocenters. The summed E-state index contributed by atoms with van der Waals surface area (Å²) in [6, 6.07) is 9.81. The maximum absolute atomic E-state index is 12.8. The minimum absolute atomic E-state index is 0.0124. The molecule has 0 spiro atoms. The second-order valence-corrected chi connectivity index (χ2v) is 7.44. The quantitative estimate of drug-likeness (QED) is 0.722. The predicted molar refractivity (Wildman–Crippen MR) is 99.9 cm³/mol. The number of rotatable bonds is 4. The Morgan fingerprint density at radius 2 is 1.92 bits per heavy atom. The van der Waals surface area contributed by atoms with Crippen LogP contribution in [0.2, 0.25) is 0 Å². The molecule has 0 N–H and O–H groups in total. The van der Waals surface area contributed by atoms with Gasteiger partial charge < -0.3 is 4.90 Å². The molecule has 0 bridgehead atoms. The molecule has 1 aliphatic heterocycles. The Hall–Kier alpha value is -2.34. The van der Waals surface area contributed by atoms with E-state index < -0.39 is 0 Å². The third-order valence-corrected chi connectivity index (χ3v) is 5.85. The minimum Gasteiger partial charge on any atom is -0.336 e. The molecule has 2 aromatic heterocycles. The zero-order chi connectivity index (χ0) is 17.4. The highest BCUT2D eigenvalue weighted by Gasteiger charge is 2.23.